The van der Waals surface area contributed by atoms with Crippen molar-refractivity contribution >= 4 is 55.7 Å². The second-order valence-corrected chi connectivity index (χ2v) is 8.39. The van der Waals surface area contributed by atoms with Crippen LogP contribution in [0.2, 0.25) is 0 Å². The van der Waals surface area contributed by atoms with Crippen LogP contribution >= 0.6 is 27.7 Å². The summed E-state index contributed by atoms with van der Waals surface area (Å²) in [5.41, 5.74) is 1.95. The van der Waals surface area contributed by atoms with Crippen molar-refractivity contribution in [1.29, 1.82) is 0 Å². The molecule has 2 amide bonds. The third-order valence-corrected chi connectivity index (χ3v) is 6.23. The second-order valence-electron chi connectivity index (χ2n) is 6.54. The lowest BCUT2D eigenvalue weighted by Crippen LogP contribution is -2.27. The summed E-state index contributed by atoms with van der Waals surface area (Å²) >= 11 is 4.52. The van der Waals surface area contributed by atoms with E-state index in [4.69, 9.17) is 4.74 Å². The molecule has 0 radical (unpaired) electrons. The van der Waals surface area contributed by atoms with E-state index in [-0.39, 0.29) is 11.1 Å². The predicted molar refractivity (Wildman–Crippen MR) is 121 cm³/mol. The highest BCUT2D eigenvalue weighted by Gasteiger charge is 2.33. The molecule has 3 aromatic carbocycles. The van der Waals surface area contributed by atoms with Crippen molar-refractivity contribution < 1.29 is 14.3 Å². The quantitative estimate of drug-likeness (QED) is 0.416. The number of amides is 2. The molecule has 0 N–H and O–H groups in total. The topological polar surface area (TPSA) is 46.6 Å². The van der Waals surface area contributed by atoms with Crippen LogP contribution in [0.4, 0.5) is 4.79 Å². The summed E-state index contributed by atoms with van der Waals surface area (Å²) in [5, 5.41) is 2.14. The fourth-order valence-electron chi connectivity index (χ4n) is 3.22. The van der Waals surface area contributed by atoms with Crippen molar-refractivity contribution in [2.75, 3.05) is 6.54 Å². The zero-order valence-electron chi connectivity index (χ0n) is 15.7. The van der Waals surface area contributed by atoms with Gasteiger partial charge in [-0.2, -0.15) is 0 Å². The van der Waals surface area contributed by atoms with E-state index < -0.39 is 0 Å². The van der Waals surface area contributed by atoms with Gasteiger partial charge in [-0.25, -0.2) is 0 Å². The van der Waals surface area contributed by atoms with Crippen LogP contribution in [0.1, 0.15) is 18.1 Å². The number of fused-ring (bicyclic) bond motifs is 1. The van der Waals surface area contributed by atoms with Crippen LogP contribution < -0.4 is 4.74 Å². The minimum atomic E-state index is -0.241. The number of carbonyl (C=O) groups is 2. The molecular formula is C23H18BrNO3S. The molecule has 0 bridgehead atoms. The summed E-state index contributed by atoms with van der Waals surface area (Å²) in [6.07, 6.45) is 1.74. The summed E-state index contributed by atoms with van der Waals surface area (Å²) in [6, 6.07) is 20.0. The minimum absolute atomic E-state index is 0.224. The van der Waals surface area contributed by atoms with E-state index in [2.05, 4.69) is 40.2 Å². The number of nitrogens with zero attached hydrogens (tertiary/aromatic N) is 1. The Hall–Kier alpha value is -2.57. The normalized spacial score (nSPS) is 15.5. The second kappa shape index (κ2) is 8.43. The van der Waals surface area contributed by atoms with E-state index in [9.17, 15) is 9.59 Å². The first-order valence-electron chi connectivity index (χ1n) is 9.21. The zero-order valence-corrected chi connectivity index (χ0v) is 18.1. The first-order valence-corrected chi connectivity index (χ1v) is 10.8. The van der Waals surface area contributed by atoms with Crippen molar-refractivity contribution in [3.63, 3.8) is 0 Å². The molecule has 0 saturated carbocycles. The molecule has 6 heteroatoms. The lowest BCUT2D eigenvalue weighted by Gasteiger charge is -2.11. The molecule has 4 nitrogen and oxygen atoms in total. The highest BCUT2D eigenvalue weighted by atomic mass is 79.9. The summed E-state index contributed by atoms with van der Waals surface area (Å²) in [7, 11) is 0. The number of ether oxygens (including phenoxy) is 1. The van der Waals surface area contributed by atoms with Crippen LogP contribution in [0, 0.1) is 0 Å². The maximum absolute atomic E-state index is 12.2. The van der Waals surface area contributed by atoms with Gasteiger partial charge < -0.3 is 4.74 Å². The van der Waals surface area contributed by atoms with Gasteiger partial charge in [0.25, 0.3) is 11.1 Å². The van der Waals surface area contributed by atoms with Crippen molar-refractivity contribution in [2.45, 2.75) is 13.5 Å². The van der Waals surface area contributed by atoms with E-state index >= 15 is 0 Å². The fraction of sp³-hybridized carbons (Fsp3) is 0.130. The summed E-state index contributed by atoms with van der Waals surface area (Å²) in [5.74, 6) is 0.478. The molecule has 4 rings (SSSR count). The Morgan fingerprint density at radius 1 is 1.07 bits per heavy atom. The van der Waals surface area contributed by atoms with Crippen molar-refractivity contribution in [1.82, 2.24) is 4.90 Å². The summed E-state index contributed by atoms with van der Waals surface area (Å²) < 4.78 is 6.82. The molecular weight excluding hydrogens is 450 g/mol. The Kier molecular flexibility index (Phi) is 5.74. The van der Waals surface area contributed by atoms with Crippen LogP contribution in [0.15, 0.2) is 70.0 Å². The van der Waals surface area contributed by atoms with Gasteiger partial charge in [0, 0.05) is 6.54 Å². The Morgan fingerprint density at radius 3 is 2.62 bits per heavy atom. The summed E-state index contributed by atoms with van der Waals surface area (Å²) in [4.78, 5) is 25.8. The first kappa shape index (κ1) is 19.7. The molecule has 0 spiro atoms. The minimum Gasteiger partial charge on any atom is -0.488 e. The van der Waals surface area contributed by atoms with Crippen molar-refractivity contribution in [3.05, 3.63) is 81.2 Å². The van der Waals surface area contributed by atoms with Crippen LogP contribution in [-0.4, -0.2) is 22.6 Å². The Balaban J connectivity index is 1.51. The average Bonchev–Trinajstić information content (AvgIpc) is 2.99. The van der Waals surface area contributed by atoms with Crippen molar-refractivity contribution in [3.8, 4) is 5.75 Å². The molecule has 146 valence electrons. The van der Waals surface area contributed by atoms with Gasteiger partial charge in [0.15, 0.2) is 0 Å². The van der Waals surface area contributed by atoms with Crippen LogP contribution in [0.5, 0.6) is 5.75 Å². The molecule has 3 aromatic rings. The number of imide groups is 1. The molecule has 1 fully saturated rings. The smallest absolute Gasteiger partial charge is 0.293 e. The number of halogens is 1. The van der Waals surface area contributed by atoms with E-state index in [0.717, 1.165) is 33.1 Å². The first-order chi connectivity index (χ1) is 14.1. The summed E-state index contributed by atoms with van der Waals surface area (Å²) in [6.45, 7) is 2.62. The van der Waals surface area contributed by atoms with Gasteiger partial charge in [0.05, 0.1) is 9.38 Å². The monoisotopic (exact) mass is 467 g/mol. The molecule has 0 atom stereocenters. The highest BCUT2D eigenvalue weighted by Crippen LogP contribution is 2.34. The fourth-order valence-corrected chi connectivity index (χ4v) is 4.64. The van der Waals surface area contributed by atoms with Crippen LogP contribution in [-0.2, 0) is 11.4 Å². The maximum Gasteiger partial charge on any atom is 0.293 e. The number of carbonyl (C=O) groups excluding carboxylic acids is 2. The molecule has 29 heavy (non-hydrogen) atoms. The largest absolute Gasteiger partial charge is 0.488 e. The number of thioether (sulfide) groups is 1. The van der Waals surface area contributed by atoms with Gasteiger partial charge in [-0.1, -0.05) is 48.5 Å². The number of rotatable bonds is 5. The Bertz CT molecular complexity index is 1140. The number of hydrogen-bond donors (Lipinski definition) is 0. The van der Waals surface area contributed by atoms with Gasteiger partial charge in [0.1, 0.15) is 12.4 Å². The Labute approximate surface area is 181 Å². The lowest BCUT2D eigenvalue weighted by atomic mass is 10.1. The molecule has 0 unspecified atom stereocenters. The molecule has 0 aliphatic carbocycles. The standard InChI is InChI=1S/C23H18BrNO3S/c1-2-25-22(26)21(29-23(25)27)13-15-10-11-20(19(24)12-15)28-14-17-8-5-7-16-6-3-4-9-18(16)17/h3-13H,2,14H2,1H3/b21-13+. The molecule has 0 aromatic heterocycles. The predicted octanol–water partition coefficient (Wildman–Crippen LogP) is 6.24. The zero-order chi connectivity index (χ0) is 20.4. The number of benzene rings is 3. The molecule has 1 aliphatic rings. The molecule has 1 aliphatic heterocycles. The Morgan fingerprint density at radius 2 is 1.86 bits per heavy atom. The molecule has 1 heterocycles. The average molecular weight is 468 g/mol. The lowest BCUT2D eigenvalue weighted by molar-refractivity contribution is -0.122. The number of hydrogen-bond acceptors (Lipinski definition) is 4. The highest BCUT2D eigenvalue weighted by molar-refractivity contribution is 9.10. The molecule has 1 saturated heterocycles. The van der Waals surface area contributed by atoms with Crippen molar-refractivity contribution in [2.24, 2.45) is 0 Å². The SMILES string of the molecule is CCN1C(=O)S/C(=C/c2ccc(OCc3cccc4ccccc34)c(Br)c2)C1=O. The van der Waals surface area contributed by atoms with Gasteiger partial charge in [0.2, 0.25) is 0 Å². The van der Waals surface area contributed by atoms with Gasteiger partial charge in [-0.15, -0.1) is 0 Å². The third-order valence-electron chi connectivity index (χ3n) is 4.71. The van der Waals surface area contributed by atoms with E-state index in [1.54, 1.807) is 13.0 Å². The number of likely N-dealkylation sites (N-methyl/N-ethyl adjacent to an activating group) is 1. The third kappa shape index (κ3) is 4.09. The van der Waals surface area contributed by atoms with E-state index in [1.807, 2.05) is 36.4 Å². The van der Waals surface area contributed by atoms with Gasteiger partial charge in [-0.05, 0) is 74.7 Å². The van der Waals surface area contributed by atoms with E-state index in [0.29, 0.717) is 18.1 Å². The van der Waals surface area contributed by atoms with Gasteiger partial charge in [-0.3, -0.25) is 14.5 Å². The van der Waals surface area contributed by atoms with Crippen LogP contribution in [0.25, 0.3) is 16.8 Å². The van der Waals surface area contributed by atoms with Crippen LogP contribution in [0.3, 0.4) is 0 Å². The van der Waals surface area contributed by atoms with Gasteiger partial charge >= 0.3 is 0 Å². The maximum atomic E-state index is 12.2. The van der Waals surface area contributed by atoms with E-state index in [1.165, 1.54) is 15.7 Å².